The number of nitrogens with one attached hydrogen (secondary N) is 1. The number of carbonyl (C=O) groups is 1. The molecule has 1 atom stereocenters. The molecule has 0 saturated carbocycles. The van der Waals surface area contributed by atoms with Gasteiger partial charge in [0.15, 0.2) is 0 Å². The third-order valence-electron chi connectivity index (χ3n) is 6.11. The second kappa shape index (κ2) is 11.4. The van der Waals surface area contributed by atoms with Crippen LogP contribution >= 0.6 is 11.6 Å². The fraction of sp³-hybridized carbons (Fsp3) is 0.321. The van der Waals surface area contributed by atoms with Gasteiger partial charge in [-0.3, -0.25) is 4.79 Å². The van der Waals surface area contributed by atoms with Crippen molar-refractivity contribution < 1.29 is 32.2 Å². The summed E-state index contributed by atoms with van der Waals surface area (Å²) in [6, 6.07) is 14.1. The average molecular weight is 549 g/mol. The first-order chi connectivity index (χ1) is 18.1. The summed E-state index contributed by atoms with van der Waals surface area (Å²) in [5.41, 5.74) is 2.72. The maximum Gasteiger partial charge on any atom is 0.573 e. The van der Waals surface area contributed by atoms with Crippen molar-refractivity contribution in [1.29, 1.82) is 0 Å². The minimum absolute atomic E-state index is 0.317. The van der Waals surface area contributed by atoms with E-state index >= 15 is 0 Å². The van der Waals surface area contributed by atoms with Crippen molar-refractivity contribution in [2.45, 2.75) is 39.1 Å². The number of hydrogen-bond donors (Lipinski definition) is 1. The Morgan fingerprint density at radius 3 is 2.47 bits per heavy atom. The van der Waals surface area contributed by atoms with E-state index in [1.807, 2.05) is 6.92 Å². The summed E-state index contributed by atoms with van der Waals surface area (Å²) in [4.78, 5) is 15.5. The van der Waals surface area contributed by atoms with Gasteiger partial charge in [-0.2, -0.15) is 0 Å². The highest BCUT2D eigenvalue weighted by Crippen LogP contribution is 2.39. The second-order valence-electron chi connectivity index (χ2n) is 8.91. The molecule has 0 bridgehead atoms. The number of aryl methyl sites for hydroxylation is 1. The number of rotatable bonds is 9. The van der Waals surface area contributed by atoms with Crippen LogP contribution in [0, 0.1) is 6.92 Å². The van der Waals surface area contributed by atoms with Crippen molar-refractivity contribution in [3.8, 4) is 17.2 Å². The number of amides is 1. The van der Waals surface area contributed by atoms with Gasteiger partial charge >= 0.3 is 6.36 Å². The van der Waals surface area contributed by atoms with Gasteiger partial charge in [0.05, 0.1) is 19.4 Å². The van der Waals surface area contributed by atoms with Crippen LogP contribution in [-0.4, -0.2) is 32.5 Å². The zero-order chi connectivity index (χ0) is 27.4. The molecule has 1 heterocycles. The van der Waals surface area contributed by atoms with Gasteiger partial charge in [0, 0.05) is 41.5 Å². The summed E-state index contributed by atoms with van der Waals surface area (Å²) in [5, 5.41) is 3.78. The highest BCUT2D eigenvalue weighted by molar-refractivity contribution is 6.30. The fourth-order valence-electron chi connectivity index (χ4n) is 4.35. The highest BCUT2D eigenvalue weighted by Gasteiger charge is 2.35. The number of methoxy groups -OCH3 is 1. The highest BCUT2D eigenvalue weighted by atomic mass is 35.5. The smallest absolute Gasteiger partial charge is 0.497 e. The molecule has 0 radical (unpaired) electrons. The van der Waals surface area contributed by atoms with Gasteiger partial charge < -0.3 is 24.4 Å². The lowest BCUT2D eigenvalue weighted by Crippen LogP contribution is -2.37. The van der Waals surface area contributed by atoms with E-state index < -0.39 is 12.4 Å². The molecular formula is C28H28ClF3N2O4. The molecule has 1 N–H and O–H groups in total. The Morgan fingerprint density at radius 1 is 1.11 bits per heavy atom. The molecule has 0 aliphatic carbocycles. The molecule has 1 aliphatic heterocycles. The van der Waals surface area contributed by atoms with Crippen molar-refractivity contribution >= 4 is 28.9 Å². The van der Waals surface area contributed by atoms with Gasteiger partial charge in [-0.05, 0) is 48.6 Å². The van der Waals surface area contributed by atoms with Gasteiger partial charge in [-0.1, -0.05) is 36.7 Å². The van der Waals surface area contributed by atoms with Crippen molar-refractivity contribution in [1.82, 2.24) is 0 Å². The summed E-state index contributed by atoms with van der Waals surface area (Å²) in [6.45, 7) is 4.37. The molecule has 10 heteroatoms. The average Bonchev–Trinajstić information content (AvgIpc) is 3.28. The largest absolute Gasteiger partial charge is 0.573 e. The van der Waals surface area contributed by atoms with Crippen molar-refractivity contribution in [3.63, 3.8) is 0 Å². The van der Waals surface area contributed by atoms with Crippen LogP contribution in [0.1, 0.15) is 36.1 Å². The number of carbonyl (C=O) groups excluding carboxylic acids is 1. The topological polar surface area (TPSA) is 60.0 Å². The predicted molar refractivity (Wildman–Crippen MR) is 141 cm³/mol. The molecule has 3 aromatic carbocycles. The zero-order valence-corrected chi connectivity index (χ0v) is 21.9. The van der Waals surface area contributed by atoms with Gasteiger partial charge in [-0.15, -0.1) is 13.2 Å². The number of nitrogens with zero attached hydrogens (tertiary/aromatic N) is 1. The molecule has 38 heavy (non-hydrogen) atoms. The first kappa shape index (κ1) is 27.4. The van der Waals surface area contributed by atoms with Crippen LogP contribution in [0.25, 0.3) is 0 Å². The van der Waals surface area contributed by atoms with E-state index in [2.05, 4.69) is 10.1 Å². The minimum atomic E-state index is -4.84. The molecule has 6 nitrogen and oxygen atoms in total. The summed E-state index contributed by atoms with van der Waals surface area (Å²) in [7, 11) is 1.54. The number of hydrogen-bond acceptors (Lipinski definition) is 5. The number of anilines is 2. The van der Waals surface area contributed by atoms with E-state index in [4.69, 9.17) is 21.1 Å². The summed E-state index contributed by atoms with van der Waals surface area (Å²) in [6.07, 6.45) is -3.51. The van der Waals surface area contributed by atoms with Gasteiger partial charge in [-0.25, -0.2) is 0 Å². The Bertz CT molecular complexity index is 1300. The van der Waals surface area contributed by atoms with E-state index in [0.717, 1.165) is 12.0 Å². The Balaban J connectivity index is 1.71. The van der Waals surface area contributed by atoms with Crippen molar-refractivity contribution in [2.75, 3.05) is 30.5 Å². The molecule has 1 unspecified atom stereocenters. The quantitative estimate of drug-likeness (QED) is 0.309. The molecule has 0 spiro atoms. The monoisotopic (exact) mass is 548 g/mol. The van der Waals surface area contributed by atoms with Gasteiger partial charge in [0.25, 0.3) is 5.91 Å². The number of alkyl halides is 3. The third-order valence-corrected chi connectivity index (χ3v) is 6.37. The minimum Gasteiger partial charge on any atom is -0.497 e. The zero-order valence-electron chi connectivity index (χ0n) is 21.2. The fourth-order valence-corrected chi connectivity index (χ4v) is 4.47. The molecule has 1 aliphatic rings. The number of benzene rings is 3. The van der Waals surface area contributed by atoms with Crippen LogP contribution < -0.4 is 24.4 Å². The van der Waals surface area contributed by atoms with E-state index in [1.165, 1.54) is 18.1 Å². The molecule has 3 aromatic rings. The molecule has 202 valence electrons. The van der Waals surface area contributed by atoms with E-state index in [0.29, 0.717) is 58.6 Å². The lowest BCUT2D eigenvalue weighted by Gasteiger charge is -2.27. The Hall–Kier alpha value is -3.59. The van der Waals surface area contributed by atoms with E-state index in [-0.39, 0.29) is 11.7 Å². The third kappa shape index (κ3) is 6.45. The van der Waals surface area contributed by atoms with Crippen LogP contribution in [0.3, 0.4) is 0 Å². The number of ether oxygens (including phenoxy) is 3. The van der Waals surface area contributed by atoms with Crippen LogP contribution in [0.5, 0.6) is 17.2 Å². The van der Waals surface area contributed by atoms with Crippen LogP contribution in [0.4, 0.5) is 24.5 Å². The van der Waals surface area contributed by atoms with Gasteiger partial charge in [0.1, 0.15) is 23.3 Å². The van der Waals surface area contributed by atoms with Crippen LogP contribution in [0.2, 0.25) is 5.02 Å². The lowest BCUT2D eigenvalue weighted by molar-refractivity contribution is -0.274. The maximum absolute atomic E-state index is 14.0. The van der Waals surface area contributed by atoms with Crippen LogP contribution in [0.15, 0.2) is 54.6 Å². The summed E-state index contributed by atoms with van der Waals surface area (Å²) >= 11 is 6.09. The summed E-state index contributed by atoms with van der Waals surface area (Å²) in [5.74, 6) is 0.440. The molecule has 0 aromatic heterocycles. The molecule has 0 saturated heterocycles. The Morgan fingerprint density at radius 2 is 1.82 bits per heavy atom. The number of halogens is 4. The SMILES string of the molecule is CCCOc1cc(NC(C(=O)N2CCc3cc(C)c(OC(F)(F)F)cc32)c2ccc(Cl)cc2)cc(OC)c1. The van der Waals surface area contributed by atoms with Crippen molar-refractivity contribution in [2.24, 2.45) is 0 Å². The molecular weight excluding hydrogens is 521 g/mol. The molecule has 0 fully saturated rings. The van der Waals surface area contributed by atoms with E-state index in [1.54, 1.807) is 55.5 Å². The predicted octanol–water partition coefficient (Wildman–Crippen LogP) is 7.09. The Kier molecular flexibility index (Phi) is 8.26. The molecule has 1 amide bonds. The first-order valence-electron chi connectivity index (χ1n) is 12.1. The molecule has 4 rings (SSSR count). The van der Waals surface area contributed by atoms with Gasteiger partial charge in [0.2, 0.25) is 0 Å². The first-order valence-corrected chi connectivity index (χ1v) is 12.5. The maximum atomic E-state index is 14.0. The summed E-state index contributed by atoms with van der Waals surface area (Å²) < 4.78 is 54.3. The van der Waals surface area contributed by atoms with E-state index in [9.17, 15) is 18.0 Å². The lowest BCUT2D eigenvalue weighted by atomic mass is 10.0. The Labute approximate surface area is 224 Å². The second-order valence-corrected chi connectivity index (χ2v) is 9.35. The van der Waals surface area contributed by atoms with Crippen molar-refractivity contribution in [3.05, 3.63) is 76.3 Å². The van der Waals surface area contributed by atoms with Crippen LogP contribution in [-0.2, 0) is 11.2 Å². The number of fused-ring (bicyclic) bond motifs is 1. The normalized spacial score (nSPS) is 13.6. The standard InChI is InChI=1S/C28H28ClF3N2O4/c1-4-11-37-23-14-21(13-22(15-23)36-3)33-26(18-5-7-20(29)8-6-18)27(35)34-10-9-19-12-17(2)25(16-24(19)34)38-28(30,31)32/h5-8,12-16,26,33H,4,9-11H2,1-3H3.